The van der Waals surface area contributed by atoms with Gasteiger partial charge in [-0.25, -0.2) is 0 Å². The Morgan fingerprint density at radius 3 is 2.43 bits per heavy atom. The van der Waals surface area contributed by atoms with E-state index >= 15 is 0 Å². The van der Waals surface area contributed by atoms with Gasteiger partial charge in [-0.3, -0.25) is 4.79 Å². The molecule has 0 saturated carbocycles. The molecule has 0 atom stereocenters. The van der Waals surface area contributed by atoms with Gasteiger partial charge in [0.2, 0.25) is 0 Å². The van der Waals surface area contributed by atoms with Crippen molar-refractivity contribution in [1.29, 1.82) is 0 Å². The van der Waals surface area contributed by atoms with Crippen LogP contribution in [0.25, 0.3) is 11.0 Å². The largest absolute Gasteiger partial charge is 0.506 e. The number of furan rings is 1. The quantitative estimate of drug-likeness (QED) is 0.193. The molecule has 3 aromatic rings. The van der Waals surface area contributed by atoms with Crippen LogP contribution in [-0.2, 0) is 12.8 Å². The van der Waals surface area contributed by atoms with Gasteiger partial charge in [-0.2, -0.15) is 0 Å². The summed E-state index contributed by atoms with van der Waals surface area (Å²) in [5.41, 5.74) is 3.05. The lowest BCUT2D eigenvalue weighted by molar-refractivity contribution is 0.103. The molecule has 6 heteroatoms. The van der Waals surface area contributed by atoms with E-state index in [1.54, 1.807) is 12.1 Å². The summed E-state index contributed by atoms with van der Waals surface area (Å²) >= 11 is 4.08. The number of hydrogen-bond donors (Lipinski definition) is 2. The first kappa shape index (κ1) is 21.6. The monoisotopic (exact) mass is 604 g/mol. The zero-order chi connectivity index (χ0) is 20.3. The fraction of sp³-hybridized carbons (Fsp3) is 0.318. The second-order valence-corrected chi connectivity index (χ2v) is 9.10. The minimum absolute atomic E-state index is 0.0777. The minimum Gasteiger partial charge on any atom is -0.506 e. The maximum absolute atomic E-state index is 13.4. The zero-order valence-electron chi connectivity index (χ0n) is 15.6. The molecule has 0 spiro atoms. The van der Waals surface area contributed by atoms with E-state index in [1.165, 1.54) is 0 Å². The topological polar surface area (TPSA) is 70.7 Å². The van der Waals surface area contributed by atoms with Gasteiger partial charge in [-0.05, 0) is 94.6 Å². The number of phenols is 1. The van der Waals surface area contributed by atoms with Crippen LogP contribution in [0.15, 0.2) is 34.7 Å². The number of aromatic hydroxyl groups is 1. The highest BCUT2D eigenvalue weighted by Gasteiger charge is 2.23. The third-order valence-corrected chi connectivity index (χ3v) is 6.33. The molecule has 0 radical (unpaired) electrons. The highest BCUT2D eigenvalue weighted by atomic mass is 127. The van der Waals surface area contributed by atoms with Crippen LogP contribution in [-0.4, -0.2) is 22.6 Å². The number of ketones is 1. The number of carbonyl (C=O) groups is 1. The molecular formula is C22H22I2O4. The number of phenolic OH excluding ortho intramolecular Hbond substituents is 1. The number of benzene rings is 2. The van der Waals surface area contributed by atoms with Crippen molar-refractivity contribution in [3.8, 4) is 5.75 Å². The number of aryl methyl sites for hydroxylation is 2. The fourth-order valence-electron chi connectivity index (χ4n) is 3.28. The van der Waals surface area contributed by atoms with Crippen LogP contribution in [0.5, 0.6) is 5.75 Å². The molecule has 0 unspecified atom stereocenters. The second-order valence-electron chi connectivity index (χ2n) is 6.78. The van der Waals surface area contributed by atoms with Gasteiger partial charge in [-0.15, -0.1) is 0 Å². The van der Waals surface area contributed by atoms with Gasteiger partial charge in [0.15, 0.2) is 5.78 Å². The van der Waals surface area contributed by atoms with Crippen molar-refractivity contribution in [1.82, 2.24) is 0 Å². The molecule has 148 valence electrons. The molecular weight excluding hydrogens is 582 g/mol. The molecule has 28 heavy (non-hydrogen) atoms. The summed E-state index contributed by atoms with van der Waals surface area (Å²) in [4.78, 5) is 13.4. The first-order chi connectivity index (χ1) is 13.5. The third-order valence-electron chi connectivity index (χ3n) is 4.68. The van der Waals surface area contributed by atoms with Crippen LogP contribution >= 0.6 is 45.2 Å². The van der Waals surface area contributed by atoms with Gasteiger partial charge in [0.1, 0.15) is 17.1 Å². The Labute approximate surface area is 191 Å². The van der Waals surface area contributed by atoms with Crippen LogP contribution < -0.4 is 0 Å². The normalized spacial score (nSPS) is 11.3. The molecule has 0 amide bonds. The lowest BCUT2D eigenvalue weighted by atomic mass is 9.97. The molecule has 0 bridgehead atoms. The van der Waals surface area contributed by atoms with Crippen LogP contribution in [0.4, 0.5) is 0 Å². The highest BCUT2D eigenvalue weighted by Crippen LogP contribution is 2.33. The Morgan fingerprint density at radius 2 is 1.79 bits per heavy atom. The van der Waals surface area contributed by atoms with E-state index in [4.69, 9.17) is 9.52 Å². The maximum Gasteiger partial charge on any atom is 0.197 e. The van der Waals surface area contributed by atoms with Gasteiger partial charge >= 0.3 is 0 Å². The molecule has 1 heterocycles. The van der Waals surface area contributed by atoms with E-state index in [9.17, 15) is 9.90 Å². The average molecular weight is 604 g/mol. The summed E-state index contributed by atoms with van der Waals surface area (Å²) in [5, 5.41) is 19.8. The summed E-state index contributed by atoms with van der Waals surface area (Å²) in [7, 11) is 0. The van der Waals surface area contributed by atoms with Crippen molar-refractivity contribution >= 4 is 61.9 Å². The Hall–Kier alpha value is -1.13. The van der Waals surface area contributed by atoms with E-state index in [0.717, 1.165) is 42.2 Å². The predicted octanol–water partition coefficient (Wildman–Crippen LogP) is 5.85. The first-order valence-electron chi connectivity index (χ1n) is 9.34. The molecule has 2 aromatic carbocycles. The summed E-state index contributed by atoms with van der Waals surface area (Å²) in [5.74, 6) is 0.843. The Kier molecular flexibility index (Phi) is 7.38. The van der Waals surface area contributed by atoms with Crippen molar-refractivity contribution in [2.24, 2.45) is 0 Å². The van der Waals surface area contributed by atoms with Crippen molar-refractivity contribution in [2.75, 3.05) is 6.61 Å². The molecule has 4 nitrogen and oxygen atoms in total. The van der Waals surface area contributed by atoms with Gasteiger partial charge in [0, 0.05) is 24.0 Å². The van der Waals surface area contributed by atoms with E-state index in [1.807, 2.05) is 63.4 Å². The standard InChI is InChI=1S/C22H22I2O4/c1-2-5-18-20(21(26)14-11-16(23)22(27)17(24)12-14)15-8-7-13(6-3-4-9-25)10-19(15)28-18/h7-8,10-12,25,27H,2-6,9H2,1H3. The number of hydrogen-bond acceptors (Lipinski definition) is 4. The number of aliphatic hydroxyl groups excluding tert-OH is 1. The first-order valence-corrected chi connectivity index (χ1v) is 11.5. The smallest absolute Gasteiger partial charge is 0.197 e. The summed E-state index contributed by atoms with van der Waals surface area (Å²) in [6.45, 7) is 2.26. The van der Waals surface area contributed by atoms with Crippen molar-refractivity contribution < 1.29 is 19.4 Å². The molecule has 0 saturated heterocycles. The van der Waals surface area contributed by atoms with E-state index < -0.39 is 0 Å². The number of halogens is 2. The van der Waals surface area contributed by atoms with Gasteiger partial charge in [0.25, 0.3) is 0 Å². The number of carbonyl (C=O) groups excluding carboxylic acids is 1. The summed E-state index contributed by atoms with van der Waals surface area (Å²) in [6.07, 6.45) is 4.15. The van der Waals surface area contributed by atoms with Gasteiger partial charge < -0.3 is 14.6 Å². The van der Waals surface area contributed by atoms with E-state index in [2.05, 4.69) is 6.92 Å². The number of rotatable bonds is 8. The molecule has 3 rings (SSSR count). The third kappa shape index (κ3) is 4.54. The van der Waals surface area contributed by atoms with Gasteiger partial charge in [-0.1, -0.05) is 19.1 Å². The van der Waals surface area contributed by atoms with E-state index in [0.29, 0.717) is 30.4 Å². The zero-order valence-corrected chi connectivity index (χ0v) is 19.9. The van der Waals surface area contributed by atoms with Crippen molar-refractivity contribution in [3.05, 3.63) is 59.9 Å². The SMILES string of the molecule is CCCc1oc2cc(CCCCO)ccc2c1C(=O)c1cc(I)c(O)c(I)c1. The van der Waals surface area contributed by atoms with Crippen LogP contribution in [0.3, 0.4) is 0 Å². The van der Waals surface area contributed by atoms with Crippen molar-refractivity contribution in [3.63, 3.8) is 0 Å². The molecule has 0 aliphatic heterocycles. The maximum atomic E-state index is 13.4. The summed E-state index contributed by atoms with van der Waals surface area (Å²) in [6, 6.07) is 9.45. The molecule has 0 fully saturated rings. The summed E-state index contributed by atoms with van der Waals surface area (Å²) < 4.78 is 7.40. The Bertz CT molecular complexity index is 984. The molecule has 1 aromatic heterocycles. The number of aliphatic hydroxyl groups is 1. The van der Waals surface area contributed by atoms with Gasteiger partial charge in [0.05, 0.1) is 12.7 Å². The average Bonchev–Trinajstić information content (AvgIpc) is 3.02. The van der Waals surface area contributed by atoms with Crippen LogP contribution in [0, 0.1) is 7.14 Å². The van der Waals surface area contributed by atoms with Crippen LogP contribution in [0.1, 0.15) is 53.4 Å². The molecule has 0 aliphatic carbocycles. The lowest BCUT2D eigenvalue weighted by Gasteiger charge is -2.06. The Balaban J connectivity index is 2.05. The predicted molar refractivity (Wildman–Crippen MR) is 127 cm³/mol. The molecule has 0 aliphatic rings. The van der Waals surface area contributed by atoms with Crippen LogP contribution in [0.2, 0.25) is 0 Å². The highest BCUT2D eigenvalue weighted by molar-refractivity contribution is 14.1. The second kappa shape index (κ2) is 9.58. The number of fused-ring (bicyclic) bond motifs is 1. The van der Waals surface area contributed by atoms with E-state index in [-0.39, 0.29) is 18.1 Å². The minimum atomic E-state index is -0.0777. The fourth-order valence-corrected chi connectivity index (χ4v) is 5.05. The lowest BCUT2D eigenvalue weighted by Crippen LogP contribution is -2.05. The molecule has 2 N–H and O–H groups in total. The van der Waals surface area contributed by atoms with Crippen molar-refractivity contribution in [2.45, 2.75) is 39.0 Å². The number of unbranched alkanes of at least 4 members (excludes halogenated alkanes) is 1. The Morgan fingerprint density at radius 1 is 1.07 bits per heavy atom.